The number of rotatable bonds is 9. The van der Waals surface area contributed by atoms with Crippen molar-refractivity contribution in [3.63, 3.8) is 0 Å². The molecule has 8 heteroatoms. The van der Waals surface area contributed by atoms with Crippen molar-refractivity contribution in [1.82, 2.24) is 0 Å². The standard InChI is InChI=1S/C34H30O6P2/c1-34(2,40-42-37-31-22-12-8-18-27(31)28-19-9-13-23-32(28)38-42)29-20-10-14-24-33(29)39-41(35-3)36-30-21-11-7-17-26(30)25-15-5-4-6-16-25/h4-24H,1-3H3. The molecule has 0 bridgehead atoms. The normalized spacial score (nSPS) is 12.3. The summed E-state index contributed by atoms with van der Waals surface area (Å²) in [5.74, 6) is 1.25. The zero-order valence-electron chi connectivity index (χ0n) is 23.5. The highest BCUT2D eigenvalue weighted by atomic mass is 31.2. The Balaban J connectivity index is 1.31. The molecule has 42 heavy (non-hydrogen) atoms. The Hall–Kier alpha value is -4.05. The molecule has 1 unspecified atom stereocenters. The fourth-order valence-electron chi connectivity index (χ4n) is 4.69. The molecular formula is C34H30O6P2. The molecule has 212 valence electrons. The first-order valence-corrected chi connectivity index (χ1v) is 15.7. The van der Waals surface area contributed by atoms with Crippen LogP contribution >= 0.6 is 16.8 Å². The van der Waals surface area contributed by atoms with Crippen LogP contribution in [0.3, 0.4) is 0 Å². The molecular weight excluding hydrogens is 566 g/mol. The molecule has 0 aliphatic rings. The minimum atomic E-state index is -1.80. The van der Waals surface area contributed by atoms with Gasteiger partial charge < -0.3 is 17.4 Å². The van der Waals surface area contributed by atoms with Crippen molar-refractivity contribution in [2.24, 2.45) is 0 Å². The van der Waals surface area contributed by atoms with Crippen molar-refractivity contribution in [3.05, 3.63) is 133 Å². The van der Waals surface area contributed by atoms with Gasteiger partial charge in [-0.25, -0.2) is 0 Å². The molecule has 0 fully saturated rings. The van der Waals surface area contributed by atoms with Gasteiger partial charge >= 0.3 is 16.8 Å². The quantitative estimate of drug-likeness (QED) is 0.155. The lowest BCUT2D eigenvalue weighted by atomic mass is 9.98. The fourth-order valence-corrected chi connectivity index (χ4v) is 6.74. The van der Waals surface area contributed by atoms with E-state index in [4.69, 9.17) is 26.5 Å². The average molecular weight is 597 g/mol. The fraction of sp³-hybridized carbons (Fsp3) is 0.118. The van der Waals surface area contributed by atoms with Crippen molar-refractivity contribution in [2.75, 3.05) is 7.11 Å². The van der Waals surface area contributed by atoms with E-state index in [9.17, 15) is 0 Å². The van der Waals surface area contributed by atoms with Crippen molar-refractivity contribution in [1.29, 1.82) is 0 Å². The molecule has 0 saturated carbocycles. The molecule has 6 aromatic rings. The molecule has 1 aromatic heterocycles. The van der Waals surface area contributed by atoms with Crippen LogP contribution in [0.2, 0.25) is 0 Å². The van der Waals surface area contributed by atoms with E-state index in [-0.39, 0.29) is 0 Å². The summed E-state index contributed by atoms with van der Waals surface area (Å²) in [5, 5.41) is 1.92. The van der Waals surface area contributed by atoms with Crippen LogP contribution in [0.4, 0.5) is 0 Å². The SMILES string of the molecule is COP(Oc1ccccc1-c1ccccc1)Oc1ccccc1C(C)(C)Op1oc2ccccc2c2ccccc2o1. The summed E-state index contributed by atoms with van der Waals surface area (Å²) in [4.78, 5) is 0. The van der Waals surface area contributed by atoms with E-state index in [0.717, 1.165) is 27.5 Å². The minimum Gasteiger partial charge on any atom is -0.417 e. The van der Waals surface area contributed by atoms with Gasteiger partial charge in [0.15, 0.2) is 0 Å². The summed E-state index contributed by atoms with van der Waals surface area (Å²) in [7, 11) is -2.01. The van der Waals surface area contributed by atoms with E-state index in [1.165, 1.54) is 0 Å². The Kier molecular flexibility index (Phi) is 8.32. The van der Waals surface area contributed by atoms with Gasteiger partial charge in [-0.2, -0.15) is 0 Å². The van der Waals surface area contributed by atoms with Crippen LogP contribution < -0.4 is 13.6 Å². The Morgan fingerprint density at radius 2 is 1.12 bits per heavy atom. The van der Waals surface area contributed by atoms with Crippen molar-refractivity contribution in [2.45, 2.75) is 19.4 Å². The van der Waals surface area contributed by atoms with E-state index in [0.29, 0.717) is 22.7 Å². The third-order valence-corrected chi connectivity index (χ3v) is 9.00. The van der Waals surface area contributed by atoms with Gasteiger partial charge in [-0.1, -0.05) is 103 Å². The molecule has 0 spiro atoms. The van der Waals surface area contributed by atoms with Crippen molar-refractivity contribution < 1.29 is 26.5 Å². The minimum absolute atomic E-state index is 0.582. The highest BCUT2D eigenvalue weighted by molar-refractivity contribution is 7.42. The second kappa shape index (κ2) is 12.4. The lowest BCUT2D eigenvalue weighted by Crippen LogP contribution is -2.24. The molecule has 1 heterocycles. The first kappa shape index (κ1) is 28.1. The molecule has 0 saturated heterocycles. The second-order valence-corrected chi connectivity index (χ2v) is 12.1. The Morgan fingerprint density at radius 1 is 0.595 bits per heavy atom. The zero-order valence-corrected chi connectivity index (χ0v) is 25.3. The lowest BCUT2D eigenvalue weighted by molar-refractivity contribution is 0.158. The third-order valence-electron chi connectivity index (χ3n) is 6.72. The monoisotopic (exact) mass is 596 g/mol. The van der Waals surface area contributed by atoms with Gasteiger partial charge in [0.05, 0.1) is 0 Å². The van der Waals surface area contributed by atoms with Gasteiger partial charge in [0.2, 0.25) is 0 Å². The number of para-hydroxylation sites is 4. The average Bonchev–Trinajstić information content (AvgIpc) is 3.17. The molecule has 0 aliphatic carbocycles. The van der Waals surface area contributed by atoms with Gasteiger partial charge in [0, 0.05) is 29.0 Å². The number of fused-ring (bicyclic) bond motifs is 3. The van der Waals surface area contributed by atoms with E-state index in [1.54, 1.807) is 7.11 Å². The molecule has 5 aromatic carbocycles. The molecule has 0 N–H and O–H groups in total. The summed E-state index contributed by atoms with van der Waals surface area (Å²) in [6.45, 7) is 3.93. The summed E-state index contributed by atoms with van der Waals surface area (Å²) < 4.78 is 37.6. The van der Waals surface area contributed by atoms with Crippen LogP contribution in [0.25, 0.3) is 33.1 Å². The largest absolute Gasteiger partial charge is 0.462 e. The smallest absolute Gasteiger partial charge is 0.417 e. The number of hydrogen-bond acceptors (Lipinski definition) is 6. The third kappa shape index (κ3) is 6.09. The van der Waals surface area contributed by atoms with Gasteiger partial charge in [0.1, 0.15) is 28.3 Å². The number of hydrogen-bond donors (Lipinski definition) is 0. The summed E-state index contributed by atoms with van der Waals surface area (Å²) in [6, 6.07) is 41.4. The van der Waals surface area contributed by atoms with E-state index >= 15 is 0 Å². The van der Waals surface area contributed by atoms with Gasteiger partial charge in [-0.15, -0.1) is 0 Å². The maximum Gasteiger partial charge on any atom is 0.462 e. The molecule has 6 rings (SSSR count). The first-order chi connectivity index (χ1) is 20.5. The highest BCUT2D eigenvalue weighted by Gasteiger charge is 2.30. The van der Waals surface area contributed by atoms with Crippen LogP contribution in [-0.4, -0.2) is 7.11 Å². The molecule has 0 radical (unpaired) electrons. The van der Waals surface area contributed by atoms with Crippen LogP contribution in [0.5, 0.6) is 11.5 Å². The zero-order chi connectivity index (χ0) is 28.9. The van der Waals surface area contributed by atoms with E-state index < -0.39 is 22.4 Å². The predicted molar refractivity (Wildman–Crippen MR) is 169 cm³/mol. The summed E-state index contributed by atoms with van der Waals surface area (Å²) in [5.41, 5.74) is 3.37. The maximum absolute atomic E-state index is 6.58. The second-order valence-electron chi connectivity index (χ2n) is 9.95. The van der Waals surface area contributed by atoms with Crippen LogP contribution in [0.15, 0.2) is 136 Å². The summed E-state index contributed by atoms with van der Waals surface area (Å²) in [6.07, 6.45) is 0. The molecule has 1 atom stereocenters. The van der Waals surface area contributed by atoms with Crippen molar-refractivity contribution >= 4 is 38.8 Å². The van der Waals surface area contributed by atoms with Crippen LogP contribution in [0.1, 0.15) is 19.4 Å². The van der Waals surface area contributed by atoms with E-state index in [2.05, 4.69) is 0 Å². The van der Waals surface area contributed by atoms with Gasteiger partial charge in [-0.05, 0) is 43.7 Å². The lowest BCUT2D eigenvalue weighted by Gasteiger charge is -2.26. The number of benzene rings is 5. The highest BCUT2D eigenvalue weighted by Crippen LogP contribution is 2.47. The molecule has 6 nitrogen and oxygen atoms in total. The van der Waals surface area contributed by atoms with E-state index in [1.807, 2.05) is 141 Å². The van der Waals surface area contributed by atoms with Crippen LogP contribution in [0, 0.1) is 0 Å². The van der Waals surface area contributed by atoms with Crippen molar-refractivity contribution in [3.8, 4) is 22.6 Å². The summed E-state index contributed by atoms with van der Waals surface area (Å²) >= 11 is 0. The Bertz CT molecular complexity index is 1790. The Morgan fingerprint density at radius 3 is 1.79 bits per heavy atom. The first-order valence-electron chi connectivity index (χ1n) is 13.5. The van der Waals surface area contributed by atoms with Crippen LogP contribution in [-0.2, 0) is 10.1 Å². The molecule has 0 aliphatic heterocycles. The Labute approximate surface area is 247 Å². The maximum atomic E-state index is 6.58. The van der Waals surface area contributed by atoms with Gasteiger partial charge in [-0.3, -0.25) is 9.05 Å². The predicted octanol–water partition coefficient (Wildman–Crippen LogP) is 10.7. The molecule has 0 amide bonds. The van der Waals surface area contributed by atoms with Gasteiger partial charge in [0.25, 0.3) is 0 Å². The topological polar surface area (TPSA) is 63.2 Å².